The number of aryl methyl sites for hydroxylation is 2. The summed E-state index contributed by atoms with van der Waals surface area (Å²) in [4.78, 5) is 32.6. The predicted octanol–water partition coefficient (Wildman–Crippen LogP) is 3.96. The maximum atomic E-state index is 12.7. The van der Waals surface area contributed by atoms with Crippen LogP contribution in [0.3, 0.4) is 0 Å². The summed E-state index contributed by atoms with van der Waals surface area (Å²) < 4.78 is 1.81. The van der Waals surface area contributed by atoms with Crippen molar-refractivity contribution in [2.24, 2.45) is 0 Å². The van der Waals surface area contributed by atoms with Gasteiger partial charge in [0.15, 0.2) is 5.65 Å². The molecule has 3 aromatic heterocycles. The number of carbonyl (C=O) groups is 2. The van der Waals surface area contributed by atoms with Gasteiger partial charge in [-0.15, -0.1) is 0 Å². The van der Waals surface area contributed by atoms with Crippen LogP contribution >= 0.6 is 0 Å². The quantitative estimate of drug-likeness (QED) is 0.488. The van der Waals surface area contributed by atoms with Gasteiger partial charge in [-0.1, -0.05) is 12.0 Å². The van der Waals surface area contributed by atoms with E-state index in [0.29, 0.717) is 28.4 Å². The van der Waals surface area contributed by atoms with E-state index in [9.17, 15) is 9.59 Å². The van der Waals surface area contributed by atoms with Crippen molar-refractivity contribution in [3.05, 3.63) is 89.0 Å². The highest BCUT2D eigenvalue weighted by Gasteiger charge is 2.10. The highest BCUT2D eigenvalue weighted by molar-refractivity contribution is 6.04. The number of carbonyl (C=O) groups excluding carboxylic acids is 2. The fourth-order valence-electron chi connectivity index (χ4n) is 3.21. The normalized spacial score (nSPS) is 10.3. The van der Waals surface area contributed by atoms with Crippen molar-refractivity contribution < 1.29 is 9.59 Å². The average Bonchev–Trinajstić information content (AvgIpc) is 3.17. The summed E-state index contributed by atoms with van der Waals surface area (Å²) in [5.41, 5.74) is 5.11. The zero-order valence-corrected chi connectivity index (χ0v) is 17.9. The molecule has 0 bridgehead atoms. The number of anilines is 2. The average molecular weight is 423 g/mol. The van der Waals surface area contributed by atoms with Crippen molar-refractivity contribution >= 4 is 29.0 Å². The first-order valence-electron chi connectivity index (χ1n) is 10.0. The fraction of sp³-hybridized carbons (Fsp3) is 0.120. The Labute approximate surface area is 185 Å². The molecule has 4 aromatic rings. The maximum absolute atomic E-state index is 12.7. The SMILES string of the molecule is CC(=O)Nc1cccn2c(C#Cc3cc(C(=O)Nc4cc(C)ccn4)ccc3C)cnc12. The van der Waals surface area contributed by atoms with Crippen LogP contribution in [0.1, 0.15) is 39.7 Å². The number of amides is 2. The molecule has 2 N–H and O–H groups in total. The number of fused-ring (bicyclic) bond motifs is 1. The van der Waals surface area contributed by atoms with Crippen LogP contribution in [0.25, 0.3) is 5.65 Å². The van der Waals surface area contributed by atoms with Crippen molar-refractivity contribution in [2.75, 3.05) is 10.6 Å². The molecule has 2 amide bonds. The van der Waals surface area contributed by atoms with Gasteiger partial charge in [-0.05, 0) is 67.3 Å². The predicted molar refractivity (Wildman–Crippen MR) is 124 cm³/mol. The van der Waals surface area contributed by atoms with Crippen LogP contribution in [0.4, 0.5) is 11.5 Å². The van der Waals surface area contributed by atoms with Crippen LogP contribution < -0.4 is 10.6 Å². The van der Waals surface area contributed by atoms with Crippen molar-refractivity contribution in [2.45, 2.75) is 20.8 Å². The Morgan fingerprint density at radius 1 is 1.00 bits per heavy atom. The topological polar surface area (TPSA) is 88.4 Å². The lowest BCUT2D eigenvalue weighted by Crippen LogP contribution is -2.13. The van der Waals surface area contributed by atoms with Crippen molar-refractivity contribution in [3.63, 3.8) is 0 Å². The van der Waals surface area contributed by atoms with Crippen LogP contribution in [0, 0.1) is 25.7 Å². The van der Waals surface area contributed by atoms with Crippen LogP contribution in [-0.4, -0.2) is 26.2 Å². The third kappa shape index (κ3) is 4.50. The van der Waals surface area contributed by atoms with Crippen LogP contribution in [0.2, 0.25) is 0 Å². The molecule has 0 unspecified atom stereocenters. The van der Waals surface area contributed by atoms with Gasteiger partial charge in [-0.2, -0.15) is 0 Å². The van der Waals surface area contributed by atoms with E-state index >= 15 is 0 Å². The molecule has 32 heavy (non-hydrogen) atoms. The maximum Gasteiger partial charge on any atom is 0.256 e. The van der Waals surface area contributed by atoms with Crippen molar-refractivity contribution in [1.82, 2.24) is 14.4 Å². The molecule has 0 aliphatic heterocycles. The highest BCUT2D eigenvalue weighted by Crippen LogP contribution is 2.17. The molecule has 0 aliphatic rings. The van der Waals surface area contributed by atoms with E-state index in [-0.39, 0.29) is 11.8 Å². The second-order valence-electron chi connectivity index (χ2n) is 7.39. The lowest BCUT2D eigenvalue weighted by molar-refractivity contribution is -0.114. The monoisotopic (exact) mass is 423 g/mol. The molecule has 0 spiro atoms. The molecule has 7 nitrogen and oxygen atoms in total. The second kappa shape index (κ2) is 8.74. The van der Waals surface area contributed by atoms with Crippen LogP contribution in [-0.2, 0) is 4.79 Å². The van der Waals surface area contributed by atoms with Gasteiger partial charge in [0, 0.05) is 30.4 Å². The first-order valence-corrected chi connectivity index (χ1v) is 10.0. The number of nitrogens with one attached hydrogen (secondary N) is 2. The van der Waals surface area contributed by atoms with Crippen LogP contribution in [0.5, 0.6) is 0 Å². The standard InChI is InChI=1S/C25H21N5O2/c1-16-10-11-26-23(13-16)29-25(32)20-7-6-17(2)19(14-20)8-9-21-15-27-24-22(28-18(3)31)5-4-12-30(21)24/h4-7,10-15H,1-3H3,(H,28,31)(H,26,29,32). The third-order valence-electron chi connectivity index (χ3n) is 4.83. The molecule has 0 atom stereocenters. The van der Waals surface area contributed by atoms with E-state index in [1.54, 1.807) is 30.6 Å². The Hall–Kier alpha value is -4.44. The Kier molecular flexibility index (Phi) is 5.69. The largest absolute Gasteiger partial charge is 0.323 e. The van der Waals surface area contributed by atoms with Gasteiger partial charge in [0.2, 0.25) is 5.91 Å². The number of nitrogens with zero attached hydrogens (tertiary/aromatic N) is 3. The van der Waals surface area contributed by atoms with E-state index in [0.717, 1.165) is 16.7 Å². The van der Waals surface area contributed by atoms with Gasteiger partial charge in [-0.25, -0.2) is 9.97 Å². The molecule has 0 saturated heterocycles. The molecule has 4 rings (SSSR count). The Bertz CT molecular complexity index is 1410. The highest BCUT2D eigenvalue weighted by atomic mass is 16.2. The summed E-state index contributed by atoms with van der Waals surface area (Å²) >= 11 is 0. The summed E-state index contributed by atoms with van der Waals surface area (Å²) in [7, 11) is 0. The number of benzene rings is 1. The van der Waals surface area contributed by atoms with Crippen molar-refractivity contribution in [3.8, 4) is 11.8 Å². The molecular weight excluding hydrogens is 402 g/mol. The third-order valence-corrected chi connectivity index (χ3v) is 4.83. The lowest BCUT2D eigenvalue weighted by Gasteiger charge is -2.07. The molecule has 0 radical (unpaired) electrons. The number of imidazole rings is 1. The van der Waals surface area contributed by atoms with Crippen LogP contribution in [0.15, 0.2) is 61.1 Å². The minimum atomic E-state index is -0.249. The van der Waals surface area contributed by atoms with Gasteiger partial charge in [0.1, 0.15) is 11.5 Å². The molecule has 0 saturated carbocycles. The fourth-order valence-corrected chi connectivity index (χ4v) is 3.21. The van der Waals surface area contributed by atoms with E-state index in [1.165, 1.54) is 6.92 Å². The molecule has 1 aromatic carbocycles. The first kappa shape index (κ1) is 20.8. The minimum Gasteiger partial charge on any atom is -0.323 e. The molecular formula is C25H21N5O2. The molecule has 0 fully saturated rings. The first-order chi connectivity index (χ1) is 15.4. The van der Waals surface area contributed by atoms with Crippen molar-refractivity contribution in [1.29, 1.82) is 0 Å². The van der Waals surface area contributed by atoms with E-state index in [4.69, 9.17) is 0 Å². The van der Waals surface area contributed by atoms with Gasteiger partial charge in [-0.3, -0.25) is 14.0 Å². The number of pyridine rings is 2. The van der Waals surface area contributed by atoms with Gasteiger partial charge < -0.3 is 10.6 Å². The van der Waals surface area contributed by atoms with Gasteiger partial charge in [0.25, 0.3) is 5.91 Å². The smallest absolute Gasteiger partial charge is 0.256 e. The summed E-state index contributed by atoms with van der Waals surface area (Å²) in [5.74, 6) is 6.35. The Morgan fingerprint density at radius 2 is 1.84 bits per heavy atom. The Balaban J connectivity index is 1.62. The van der Waals surface area contributed by atoms with Gasteiger partial charge >= 0.3 is 0 Å². The second-order valence-corrected chi connectivity index (χ2v) is 7.39. The van der Waals surface area contributed by atoms with E-state index in [2.05, 4.69) is 32.4 Å². The minimum absolute atomic E-state index is 0.166. The Morgan fingerprint density at radius 3 is 2.62 bits per heavy atom. The molecule has 158 valence electrons. The summed E-state index contributed by atoms with van der Waals surface area (Å²) in [5, 5.41) is 5.58. The number of aromatic nitrogens is 3. The van der Waals surface area contributed by atoms with E-state index in [1.807, 2.05) is 48.7 Å². The molecule has 7 heteroatoms. The summed E-state index contributed by atoms with van der Waals surface area (Å²) in [6, 6.07) is 12.7. The zero-order chi connectivity index (χ0) is 22.7. The summed E-state index contributed by atoms with van der Waals surface area (Å²) in [6.07, 6.45) is 5.15. The van der Waals surface area contributed by atoms with Gasteiger partial charge in [0.05, 0.1) is 11.9 Å². The molecule has 3 heterocycles. The molecule has 0 aliphatic carbocycles. The number of hydrogen-bond acceptors (Lipinski definition) is 4. The summed E-state index contributed by atoms with van der Waals surface area (Å²) in [6.45, 7) is 5.33. The van der Waals surface area contributed by atoms with E-state index < -0.39 is 0 Å². The lowest BCUT2D eigenvalue weighted by atomic mass is 10.0. The number of hydrogen-bond donors (Lipinski definition) is 2. The zero-order valence-electron chi connectivity index (χ0n) is 17.9. The number of rotatable bonds is 3.